The normalized spacial score (nSPS) is 15.1. The number of guanidine groups is 1. The SMILES string of the molecule is I.NC(=NCc1ccnc2ccccc12)NC1CC1. The summed E-state index contributed by atoms with van der Waals surface area (Å²) in [6, 6.07) is 10.6. The Labute approximate surface area is 129 Å². The second-order valence-electron chi connectivity index (χ2n) is 4.61. The molecule has 2 aromatic rings. The number of hydrogen-bond donors (Lipinski definition) is 2. The van der Waals surface area contributed by atoms with Gasteiger partial charge >= 0.3 is 0 Å². The molecule has 1 saturated carbocycles. The second kappa shape index (κ2) is 6.18. The van der Waals surface area contributed by atoms with Gasteiger partial charge in [0, 0.05) is 17.6 Å². The number of nitrogens with one attached hydrogen (secondary N) is 1. The van der Waals surface area contributed by atoms with Gasteiger partial charge in [0.25, 0.3) is 0 Å². The van der Waals surface area contributed by atoms with E-state index < -0.39 is 0 Å². The van der Waals surface area contributed by atoms with Gasteiger partial charge in [-0.05, 0) is 30.5 Å². The minimum atomic E-state index is 0. The molecule has 1 heterocycles. The van der Waals surface area contributed by atoms with E-state index in [1.54, 1.807) is 0 Å². The fourth-order valence-electron chi connectivity index (χ4n) is 1.95. The average Bonchev–Trinajstić information content (AvgIpc) is 3.20. The number of benzene rings is 1. The first-order valence-electron chi connectivity index (χ1n) is 6.22. The van der Waals surface area contributed by atoms with Crippen LogP contribution in [0.25, 0.3) is 10.9 Å². The van der Waals surface area contributed by atoms with E-state index in [-0.39, 0.29) is 24.0 Å². The number of hydrogen-bond acceptors (Lipinski definition) is 2. The third-order valence-corrected chi connectivity index (χ3v) is 3.09. The van der Waals surface area contributed by atoms with Crippen LogP contribution in [-0.4, -0.2) is 17.0 Å². The van der Waals surface area contributed by atoms with Crippen molar-refractivity contribution in [2.75, 3.05) is 0 Å². The summed E-state index contributed by atoms with van der Waals surface area (Å²) in [6.07, 6.45) is 4.22. The van der Waals surface area contributed by atoms with Crippen LogP contribution < -0.4 is 11.1 Å². The zero-order valence-corrected chi connectivity index (χ0v) is 12.9. The zero-order valence-electron chi connectivity index (χ0n) is 10.5. The fraction of sp³-hybridized carbons (Fsp3) is 0.286. The summed E-state index contributed by atoms with van der Waals surface area (Å²) in [5.41, 5.74) is 7.98. The highest BCUT2D eigenvalue weighted by Gasteiger charge is 2.21. The molecule has 1 aromatic carbocycles. The van der Waals surface area contributed by atoms with Crippen LogP contribution in [0.15, 0.2) is 41.5 Å². The van der Waals surface area contributed by atoms with E-state index in [0.29, 0.717) is 18.5 Å². The van der Waals surface area contributed by atoms with Gasteiger partial charge in [-0.1, -0.05) is 18.2 Å². The number of aliphatic imine (C=N–C) groups is 1. The summed E-state index contributed by atoms with van der Waals surface area (Å²) in [4.78, 5) is 8.71. The number of nitrogens with two attached hydrogens (primary N) is 1. The van der Waals surface area contributed by atoms with Crippen LogP contribution in [0.2, 0.25) is 0 Å². The summed E-state index contributed by atoms with van der Waals surface area (Å²) in [5, 5.41) is 4.33. The van der Waals surface area contributed by atoms with Crippen LogP contribution in [0.4, 0.5) is 0 Å². The Bertz CT molecular complexity index is 588. The first-order chi connectivity index (χ1) is 8.83. The standard InChI is InChI=1S/C14H16N4.HI/c15-14(18-11-5-6-11)17-9-10-7-8-16-13-4-2-1-3-12(10)13;/h1-4,7-8,11H,5-6,9H2,(H3,15,17,18);1H. The molecule has 1 fully saturated rings. The van der Waals surface area contributed by atoms with Crippen LogP contribution in [0.3, 0.4) is 0 Å². The highest BCUT2D eigenvalue weighted by atomic mass is 127. The Morgan fingerprint density at radius 3 is 2.89 bits per heavy atom. The Morgan fingerprint density at radius 2 is 2.11 bits per heavy atom. The zero-order chi connectivity index (χ0) is 12.4. The van der Waals surface area contributed by atoms with E-state index in [2.05, 4.69) is 21.4 Å². The lowest BCUT2D eigenvalue weighted by atomic mass is 10.1. The van der Waals surface area contributed by atoms with Crippen molar-refractivity contribution >= 4 is 40.8 Å². The molecule has 1 aromatic heterocycles. The molecular formula is C14H17IN4. The second-order valence-corrected chi connectivity index (χ2v) is 4.61. The lowest BCUT2D eigenvalue weighted by Gasteiger charge is -2.05. The molecule has 0 aliphatic heterocycles. The van der Waals surface area contributed by atoms with Gasteiger partial charge in [-0.2, -0.15) is 0 Å². The molecule has 0 radical (unpaired) electrons. The van der Waals surface area contributed by atoms with Crippen molar-refractivity contribution in [3.63, 3.8) is 0 Å². The summed E-state index contributed by atoms with van der Waals surface area (Å²) < 4.78 is 0. The minimum absolute atomic E-state index is 0. The van der Waals surface area contributed by atoms with Gasteiger partial charge in [0.15, 0.2) is 5.96 Å². The predicted octanol–water partition coefficient (Wildman–Crippen LogP) is 2.42. The molecule has 3 N–H and O–H groups in total. The summed E-state index contributed by atoms with van der Waals surface area (Å²) in [7, 11) is 0. The molecule has 0 unspecified atom stereocenters. The molecule has 4 nitrogen and oxygen atoms in total. The van der Waals surface area contributed by atoms with Crippen molar-refractivity contribution in [1.29, 1.82) is 0 Å². The maximum Gasteiger partial charge on any atom is 0.189 e. The van der Waals surface area contributed by atoms with E-state index in [9.17, 15) is 0 Å². The fourth-order valence-corrected chi connectivity index (χ4v) is 1.95. The van der Waals surface area contributed by atoms with Gasteiger partial charge in [-0.3, -0.25) is 4.98 Å². The van der Waals surface area contributed by atoms with Crippen molar-refractivity contribution in [1.82, 2.24) is 10.3 Å². The van der Waals surface area contributed by atoms with Crippen LogP contribution >= 0.6 is 24.0 Å². The number of para-hydroxylation sites is 1. The van der Waals surface area contributed by atoms with Gasteiger partial charge in [0.1, 0.15) is 0 Å². The molecule has 0 saturated heterocycles. The third-order valence-electron chi connectivity index (χ3n) is 3.09. The first kappa shape index (κ1) is 14.0. The lowest BCUT2D eigenvalue weighted by molar-refractivity contribution is 0.880. The van der Waals surface area contributed by atoms with E-state index >= 15 is 0 Å². The van der Waals surface area contributed by atoms with Crippen LogP contribution in [0, 0.1) is 0 Å². The predicted molar refractivity (Wildman–Crippen MR) is 88.6 cm³/mol. The Hall–Kier alpha value is -1.37. The van der Waals surface area contributed by atoms with E-state index in [0.717, 1.165) is 16.5 Å². The number of pyridine rings is 1. The highest BCUT2D eigenvalue weighted by molar-refractivity contribution is 14.0. The Morgan fingerprint density at radius 1 is 1.32 bits per heavy atom. The molecular weight excluding hydrogens is 351 g/mol. The van der Waals surface area contributed by atoms with Crippen molar-refractivity contribution in [3.8, 4) is 0 Å². The number of fused-ring (bicyclic) bond motifs is 1. The third kappa shape index (κ3) is 3.56. The largest absolute Gasteiger partial charge is 0.370 e. The topological polar surface area (TPSA) is 63.3 Å². The molecule has 1 aliphatic rings. The van der Waals surface area contributed by atoms with Crippen LogP contribution in [0.5, 0.6) is 0 Å². The van der Waals surface area contributed by atoms with Crippen molar-refractivity contribution in [3.05, 3.63) is 42.1 Å². The first-order valence-corrected chi connectivity index (χ1v) is 6.22. The van der Waals surface area contributed by atoms with Gasteiger partial charge in [0.05, 0.1) is 12.1 Å². The summed E-state index contributed by atoms with van der Waals surface area (Å²) in [6.45, 7) is 0.592. The maximum absolute atomic E-state index is 5.83. The molecule has 3 rings (SSSR count). The molecule has 100 valence electrons. The molecule has 0 bridgehead atoms. The number of halogens is 1. The van der Waals surface area contributed by atoms with Crippen molar-refractivity contribution in [2.45, 2.75) is 25.4 Å². The number of rotatable bonds is 3. The van der Waals surface area contributed by atoms with E-state index in [4.69, 9.17) is 5.73 Å². The minimum Gasteiger partial charge on any atom is -0.370 e. The summed E-state index contributed by atoms with van der Waals surface area (Å²) in [5.74, 6) is 0.540. The Kier molecular flexibility index (Phi) is 4.57. The van der Waals surface area contributed by atoms with Crippen molar-refractivity contribution in [2.24, 2.45) is 10.7 Å². The smallest absolute Gasteiger partial charge is 0.189 e. The van der Waals surface area contributed by atoms with Gasteiger partial charge < -0.3 is 11.1 Å². The van der Waals surface area contributed by atoms with Crippen LogP contribution in [-0.2, 0) is 6.54 Å². The number of aromatic nitrogens is 1. The molecule has 5 heteroatoms. The van der Waals surface area contributed by atoms with Crippen molar-refractivity contribution < 1.29 is 0 Å². The number of nitrogens with zero attached hydrogens (tertiary/aromatic N) is 2. The quantitative estimate of drug-likeness (QED) is 0.497. The molecule has 0 spiro atoms. The Balaban J connectivity index is 0.00000133. The molecule has 0 amide bonds. The van der Waals surface area contributed by atoms with Gasteiger partial charge in [-0.15, -0.1) is 24.0 Å². The molecule has 19 heavy (non-hydrogen) atoms. The lowest BCUT2D eigenvalue weighted by Crippen LogP contribution is -2.33. The average molecular weight is 368 g/mol. The highest BCUT2D eigenvalue weighted by Crippen LogP contribution is 2.19. The summed E-state index contributed by atoms with van der Waals surface area (Å²) >= 11 is 0. The maximum atomic E-state index is 5.83. The van der Waals surface area contributed by atoms with E-state index in [1.165, 1.54) is 12.8 Å². The monoisotopic (exact) mass is 368 g/mol. The molecule has 0 atom stereocenters. The molecule has 1 aliphatic carbocycles. The van der Waals surface area contributed by atoms with E-state index in [1.807, 2.05) is 30.5 Å². The van der Waals surface area contributed by atoms with Gasteiger partial charge in [0.2, 0.25) is 0 Å². The van der Waals surface area contributed by atoms with Gasteiger partial charge in [-0.25, -0.2) is 4.99 Å². The van der Waals surface area contributed by atoms with Crippen LogP contribution in [0.1, 0.15) is 18.4 Å².